The van der Waals surface area contributed by atoms with Crippen LogP contribution in [0.15, 0.2) is 90.0 Å². The number of methoxy groups -OCH3 is 1. The van der Waals surface area contributed by atoms with Crippen molar-refractivity contribution in [2.75, 3.05) is 43.5 Å². The minimum Gasteiger partial charge on any atom is -0.495 e. The van der Waals surface area contributed by atoms with E-state index in [4.69, 9.17) is 24.1 Å². The molecule has 1 aliphatic heterocycles. The van der Waals surface area contributed by atoms with Gasteiger partial charge in [-0.05, 0) is 92.5 Å². The lowest BCUT2D eigenvalue weighted by atomic mass is 9.99. The van der Waals surface area contributed by atoms with E-state index in [1.165, 1.54) is 42.0 Å². The van der Waals surface area contributed by atoms with Gasteiger partial charge in [0.2, 0.25) is 12.7 Å². The van der Waals surface area contributed by atoms with Crippen molar-refractivity contribution in [3.8, 4) is 16.9 Å². The summed E-state index contributed by atoms with van der Waals surface area (Å²) in [6.45, 7) is 2.44. The molecule has 21 heteroatoms. The average Bonchev–Trinajstić information content (AvgIpc) is 3.64. The number of anilines is 3. The number of hydrogen-bond acceptors (Lipinski definition) is 12. The van der Waals surface area contributed by atoms with Crippen molar-refractivity contribution in [3.05, 3.63) is 96.4 Å². The number of alkyl halides is 3. The fourth-order valence-corrected chi connectivity index (χ4v) is 6.41. The van der Waals surface area contributed by atoms with E-state index in [0.717, 1.165) is 22.3 Å². The highest BCUT2D eigenvalue weighted by Crippen LogP contribution is 2.36. The Morgan fingerprint density at radius 1 is 0.967 bits per heavy atom. The van der Waals surface area contributed by atoms with Crippen LogP contribution in [0, 0.1) is 11.7 Å². The topological polar surface area (TPSA) is 208 Å². The second-order valence-corrected chi connectivity index (χ2v) is 15.2. The Morgan fingerprint density at radius 3 is 2.20 bits per heavy atom. The van der Waals surface area contributed by atoms with E-state index in [9.17, 15) is 40.4 Å². The molecule has 318 valence electrons. The zero-order valence-corrected chi connectivity index (χ0v) is 32.9. The number of carbonyl (C=O) groups is 4. The molecule has 0 unspecified atom stereocenters. The summed E-state index contributed by atoms with van der Waals surface area (Å²) >= 11 is 0. The maximum absolute atomic E-state index is 13.7. The minimum absolute atomic E-state index is 0.0235. The smallest absolute Gasteiger partial charge is 0.490 e. The first-order valence-corrected chi connectivity index (χ1v) is 19.8. The zero-order chi connectivity index (χ0) is 43.8. The molecule has 1 saturated heterocycles. The number of halogens is 4. The van der Waals surface area contributed by atoms with Gasteiger partial charge in [-0.15, -0.1) is 5.10 Å². The third-order valence-electron chi connectivity index (χ3n) is 9.07. The van der Waals surface area contributed by atoms with Gasteiger partial charge in [-0.2, -0.15) is 18.2 Å². The fraction of sp³-hybridized carbons (Fsp3) is 0.282. The molecule has 1 aliphatic rings. The molecule has 60 heavy (non-hydrogen) atoms. The molecule has 0 bridgehead atoms. The molecule has 3 aromatic carbocycles. The molecular weight excluding hydrogens is 821 g/mol. The molecular formula is C39H38F4N6O10S. The van der Waals surface area contributed by atoms with Gasteiger partial charge in [-0.3, -0.25) is 9.59 Å². The van der Waals surface area contributed by atoms with Crippen LogP contribution in [0.5, 0.6) is 5.75 Å². The number of nitrogens with one attached hydrogen (secondary N) is 2. The number of hydrogen-bond donors (Lipinski definition) is 3. The summed E-state index contributed by atoms with van der Waals surface area (Å²) in [5.74, 6) is -4.77. The number of ether oxygens (including phenoxy) is 3. The maximum atomic E-state index is 13.7. The van der Waals surface area contributed by atoms with Crippen LogP contribution in [-0.2, 0) is 33.7 Å². The van der Waals surface area contributed by atoms with E-state index in [0.29, 0.717) is 42.8 Å². The predicted molar refractivity (Wildman–Crippen MR) is 207 cm³/mol. The molecule has 6 rings (SSSR count). The number of esters is 1. The molecule has 1 fully saturated rings. The van der Waals surface area contributed by atoms with E-state index < -0.39 is 46.8 Å². The molecule has 0 radical (unpaired) electrons. The molecule has 16 nitrogen and oxygen atoms in total. The summed E-state index contributed by atoms with van der Waals surface area (Å²) in [4.78, 5) is 53.4. The van der Waals surface area contributed by atoms with Crippen LogP contribution in [-0.4, -0.2) is 91.5 Å². The molecule has 2 aromatic heterocycles. The normalized spacial score (nSPS) is 13.7. The monoisotopic (exact) mass is 858 g/mol. The highest BCUT2D eigenvalue weighted by Gasteiger charge is 2.38. The van der Waals surface area contributed by atoms with Crippen molar-refractivity contribution in [2.45, 2.75) is 36.8 Å². The number of piperidine rings is 1. The number of rotatable bonds is 11. The number of fused-ring (bicyclic) bond motifs is 1. The standard InChI is InChI=1S/C37H37FN6O8S.C2HF3O2/c1-23(24-4-9-28(38)10-5-24)34(45)40-29-11-6-25(7-12-29)27-8-15-33-41-36(42-43(33)21-27)44(31-14-13-30(53(3,48)49)20-32(31)50-2)37(47)52-22-51-35(46)26-16-18-39-19-17-26;3-2(4,5)1(6)7/h4-15,20-21,23,26,39H,16-19,22H2,1-3H3,(H,40,45);(H,6,7)/t23-;/m1./s1. The number of sulfone groups is 1. The Balaban J connectivity index is 0.000000896. The largest absolute Gasteiger partial charge is 0.495 e. The summed E-state index contributed by atoms with van der Waals surface area (Å²) in [6, 6.07) is 20.4. The lowest BCUT2D eigenvalue weighted by Gasteiger charge is -2.22. The molecule has 0 spiro atoms. The number of carboxylic acids is 1. The third-order valence-corrected chi connectivity index (χ3v) is 10.2. The van der Waals surface area contributed by atoms with Crippen LogP contribution in [0.25, 0.3) is 16.8 Å². The summed E-state index contributed by atoms with van der Waals surface area (Å²) in [5, 5.41) is 17.7. The second kappa shape index (κ2) is 19.0. The number of pyridine rings is 1. The first-order chi connectivity index (χ1) is 28.3. The first-order valence-electron chi connectivity index (χ1n) is 17.9. The van der Waals surface area contributed by atoms with Crippen LogP contribution in [0.4, 0.5) is 39.7 Å². The Labute approximate surface area is 340 Å². The molecule has 3 heterocycles. The summed E-state index contributed by atoms with van der Waals surface area (Å²) in [7, 11) is -2.30. The summed E-state index contributed by atoms with van der Waals surface area (Å²) in [5.41, 5.74) is 3.23. The predicted octanol–water partition coefficient (Wildman–Crippen LogP) is 6.10. The summed E-state index contributed by atoms with van der Waals surface area (Å²) in [6.07, 6.45) is -2.13. The van der Waals surface area contributed by atoms with Crippen LogP contribution in [0.2, 0.25) is 0 Å². The van der Waals surface area contributed by atoms with Gasteiger partial charge < -0.3 is 30.0 Å². The van der Waals surface area contributed by atoms with E-state index >= 15 is 0 Å². The first kappa shape index (κ1) is 44.5. The Kier molecular flexibility index (Phi) is 14.1. The van der Waals surface area contributed by atoms with Gasteiger partial charge in [-0.25, -0.2) is 31.8 Å². The summed E-state index contributed by atoms with van der Waals surface area (Å²) < 4.78 is 87.2. The van der Waals surface area contributed by atoms with Crippen LogP contribution >= 0.6 is 0 Å². The average molecular weight is 859 g/mol. The van der Waals surface area contributed by atoms with Crippen molar-refractivity contribution in [1.29, 1.82) is 0 Å². The fourth-order valence-electron chi connectivity index (χ4n) is 5.78. The van der Waals surface area contributed by atoms with E-state index in [1.54, 1.807) is 43.5 Å². The van der Waals surface area contributed by atoms with Gasteiger partial charge in [-0.1, -0.05) is 24.3 Å². The van der Waals surface area contributed by atoms with Crippen molar-refractivity contribution in [3.63, 3.8) is 0 Å². The van der Waals surface area contributed by atoms with Crippen molar-refractivity contribution >= 4 is 56.7 Å². The van der Waals surface area contributed by atoms with E-state index in [-0.39, 0.29) is 39.9 Å². The van der Waals surface area contributed by atoms with E-state index in [2.05, 4.69) is 20.7 Å². The molecule has 1 atom stereocenters. The molecule has 2 amide bonds. The number of amides is 2. The van der Waals surface area contributed by atoms with Crippen molar-refractivity contribution in [1.82, 2.24) is 19.9 Å². The number of aliphatic carboxylic acids is 1. The van der Waals surface area contributed by atoms with Gasteiger partial charge in [0.15, 0.2) is 15.5 Å². The second-order valence-electron chi connectivity index (χ2n) is 13.2. The number of nitrogens with zero attached hydrogens (tertiary/aromatic N) is 4. The van der Waals surface area contributed by atoms with Crippen LogP contribution < -0.4 is 20.3 Å². The third kappa shape index (κ3) is 11.3. The van der Waals surface area contributed by atoms with Gasteiger partial charge in [0, 0.05) is 29.8 Å². The number of carbonyl (C=O) groups excluding carboxylic acids is 3. The molecule has 3 N–H and O–H groups in total. The lowest BCUT2D eigenvalue weighted by molar-refractivity contribution is -0.192. The lowest BCUT2D eigenvalue weighted by Crippen LogP contribution is -2.34. The van der Waals surface area contributed by atoms with Gasteiger partial charge in [0.25, 0.3) is 5.95 Å². The van der Waals surface area contributed by atoms with Gasteiger partial charge >= 0.3 is 24.2 Å². The Morgan fingerprint density at radius 2 is 1.60 bits per heavy atom. The maximum Gasteiger partial charge on any atom is 0.490 e. The minimum atomic E-state index is -5.08. The highest BCUT2D eigenvalue weighted by atomic mass is 32.2. The van der Waals surface area contributed by atoms with Gasteiger partial charge in [0.1, 0.15) is 11.6 Å². The molecule has 0 aliphatic carbocycles. The SMILES string of the molecule is COc1cc(S(C)(=O)=O)ccc1N(C(=O)OCOC(=O)C1CCNCC1)c1nc2ccc(-c3ccc(NC(=O)[C@H](C)c4ccc(F)cc4)cc3)cn2n1.O=C(O)C(F)(F)F. The number of carboxylic acid groups (broad SMARTS) is 1. The van der Waals surface area contributed by atoms with Crippen molar-refractivity contribution < 1.29 is 64.5 Å². The number of benzene rings is 3. The number of aromatic nitrogens is 3. The van der Waals surface area contributed by atoms with E-state index in [1.807, 2.05) is 18.2 Å². The molecule has 5 aromatic rings. The highest BCUT2D eigenvalue weighted by molar-refractivity contribution is 7.90. The Hall–Kier alpha value is -6.61. The van der Waals surface area contributed by atoms with Gasteiger partial charge in [0.05, 0.1) is 29.5 Å². The van der Waals surface area contributed by atoms with Crippen LogP contribution in [0.3, 0.4) is 0 Å². The quantitative estimate of drug-likeness (QED) is 0.0781. The van der Waals surface area contributed by atoms with Crippen molar-refractivity contribution in [2.24, 2.45) is 5.92 Å². The van der Waals surface area contributed by atoms with Crippen LogP contribution in [0.1, 0.15) is 31.2 Å². The molecule has 0 saturated carbocycles. The Bertz CT molecular complexity index is 2460. The zero-order valence-electron chi connectivity index (χ0n) is 32.1.